The van der Waals surface area contributed by atoms with Crippen LogP contribution in [0.5, 0.6) is 0 Å². The standard InChI is InChI=1S/C12H22N2O2/c1-14(7-8-16-9-10-4-5-10)12(15)11-3-2-6-13-11/h10-11,13H,2-9H2,1H3. The number of rotatable bonds is 6. The molecule has 0 aromatic carbocycles. The Balaban J connectivity index is 1.57. The Morgan fingerprint density at radius 1 is 1.44 bits per heavy atom. The van der Waals surface area contributed by atoms with Crippen LogP contribution >= 0.6 is 0 Å². The van der Waals surface area contributed by atoms with E-state index in [1.807, 2.05) is 7.05 Å². The lowest BCUT2D eigenvalue weighted by atomic mass is 10.2. The van der Waals surface area contributed by atoms with Gasteiger partial charge in [0, 0.05) is 20.2 Å². The third-order valence-electron chi connectivity index (χ3n) is 3.36. The van der Waals surface area contributed by atoms with Gasteiger partial charge in [-0.15, -0.1) is 0 Å². The van der Waals surface area contributed by atoms with Gasteiger partial charge in [0.1, 0.15) is 0 Å². The maximum atomic E-state index is 11.9. The first-order valence-corrected chi connectivity index (χ1v) is 6.33. The molecule has 1 saturated heterocycles. The van der Waals surface area contributed by atoms with Gasteiger partial charge in [-0.25, -0.2) is 0 Å². The highest BCUT2D eigenvalue weighted by Crippen LogP contribution is 2.28. The summed E-state index contributed by atoms with van der Waals surface area (Å²) in [6, 6.07) is 0.0495. The summed E-state index contributed by atoms with van der Waals surface area (Å²) in [4.78, 5) is 13.7. The Morgan fingerprint density at radius 2 is 2.25 bits per heavy atom. The summed E-state index contributed by atoms with van der Waals surface area (Å²) < 4.78 is 5.53. The number of nitrogens with zero attached hydrogens (tertiary/aromatic N) is 1. The van der Waals surface area contributed by atoms with Crippen molar-refractivity contribution in [2.75, 3.05) is 33.4 Å². The van der Waals surface area contributed by atoms with E-state index in [0.717, 1.165) is 31.9 Å². The van der Waals surface area contributed by atoms with E-state index in [-0.39, 0.29) is 11.9 Å². The first-order chi connectivity index (χ1) is 7.77. The van der Waals surface area contributed by atoms with Gasteiger partial charge in [-0.3, -0.25) is 4.79 Å². The maximum Gasteiger partial charge on any atom is 0.239 e. The summed E-state index contributed by atoms with van der Waals surface area (Å²) >= 11 is 0. The predicted octanol–water partition coefficient (Wildman–Crippen LogP) is 0.623. The number of hydrogen-bond donors (Lipinski definition) is 1. The second kappa shape index (κ2) is 5.64. The van der Waals surface area contributed by atoms with Crippen molar-refractivity contribution in [1.82, 2.24) is 10.2 Å². The molecule has 1 atom stereocenters. The van der Waals surface area contributed by atoms with Gasteiger partial charge in [-0.05, 0) is 38.1 Å². The van der Waals surface area contributed by atoms with Gasteiger partial charge in [-0.2, -0.15) is 0 Å². The number of likely N-dealkylation sites (N-methyl/N-ethyl adjacent to an activating group) is 1. The van der Waals surface area contributed by atoms with Gasteiger partial charge in [0.15, 0.2) is 0 Å². The quantitative estimate of drug-likeness (QED) is 0.675. The molecule has 1 unspecified atom stereocenters. The number of nitrogens with one attached hydrogen (secondary N) is 1. The largest absolute Gasteiger partial charge is 0.379 e. The van der Waals surface area contributed by atoms with Crippen LogP contribution in [0.25, 0.3) is 0 Å². The lowest BCUT2D eigenvalue weighted by Gasteiger charge is -2.21. The van der Waals surface area contributed by atoms with Crippen molar-refractivity contribution in [3.63, 3.8) is 0 Å². The molecule has 1 amide bonds. The molecule has 0 aromatic rings. The molecule has 0 radical (unpaired) electrons. The molecule has 0 bridgehead atoms. The van der Waals surface area contributed by atoms with Gasteiger partial charge in [0.05, 0.1) is 12.6 Å². The molecule has 1 saturated carbocycles. The van der Waals surface area contributed by atoms with Crippen molar-refractivity contribution >= 4 is 5.91 Å². The van der Waals surface area contributed by atoms with Crippen molar-refractivity contribution in [3.8, 4) is 0 Å². The van der Waals surface area contributed by atoms with Gasteiger partial charge >= 0.3 is 0 Å². The molecule has 1 heterocycles. The molecule has 92 valence electrons. The molecule has 4 nitrogen and oxygen atoms in total. The number of carbonyl (C=O) groups is 1. The Hall–Kier alpha value is -0.610. The van der Waals surface area contributed by atoms with Crippen molar-refractivity contribution in [2.24, 2.45) is 5.92 Å². The van der Waals surface area contributed by atoms with E-state index in [1.165, 1.54) is 12.8 Å². The molecule has 4 heteroatoms. The van der Waals surface area contributed by atoms with Gasteiger partial charge in [0.25, 0.3) is 0 Å². The van der Waals surface area contributed by atoms with E-state index in [1.54, 1.807) is 4.90 Å². The smallest absolute Gasteiger partial charge is 0.239 e. The van der Waals surface area contributed by atoms with Crippen LogP contribution in [0.2, 0.25) is 0 Å². The fourth-order valence-corrected chi connectivity index (χ4v) is 2.01. The lowest BCUT2D eigenvalue weighted by molar-refractivity contribution is -0.132. The Morgan fingerprint density at radius 3 is 2.88 bits per heavy atom. The first-order valence-electron chi connectivity index (χ1n) is 6.33. The molecule has 1 aliphatic heterocycles. The zero-order valence-corrected chi connectivity index (χ0v) is 10.1. The van der Waals surface area contributed by atoms with Crippen LogP contribution in [0.15, 0.2) is 0 Å². The number of hydrogen-bond acceptors (Lipinski definition) is 3. The first kappa shape index (κ1) is 11.9. The molecule has 0 aromatic heterocycles. The normalized spacial score (nSPS) is 24.7. The molecule has 2 aliphatic rings. The molecule has 0 spiro atoms. The monoisotopic (exact) mass is 226 g/mol. The molecular weight excluding hydrogens is 204 g/mol. The van der Waals surface area contributed by atoms with Gasteiger partial charge in [-0.1, -0.05) is 0 Å². The second-order valence-corrected chi connectivity index (χ2v) is 4.93. The molecule has 1 aliphatic carbocycles. The molecule has 16 heavy (non-hydrogen) atoms. The highest BCUT2D eigenvalue weighted by molar-refractivity contribution is 5.81. The molecule has 2 fully saturated rings. The van der Waals surface area contributed by atoms with E-state index < -0.39 is 0 Å². The Bertz CT molecular complexity index is 235. The van der Waals surface area contributed by atoms with Gasteiger partial charge in [0.2, 0.25) is 5.91 Å². The Labute approximate surface area is 97.3 Å². The van der Waals surface area contributed by atoms with E-state index in [4.69, 9.17) is 4.74 Å². The van der Waals surface area contributed by atoms with Crippen LogP contribution in [-0.4, -0.2) is 50.2 Å². The van der Waals surface area contributed by atoms with Crippen LogP contribution in [0.1, 0.15) is 25.7 Å². The summed E-state index contributed by atoms with van der Waals surface area (Å²) in [7, 11) is 1.86. The van der Waals surface area contributed by atoms with E-state index in [9.17, 15) is 4.79 Å². The van der Waals surface area contributed by atoms with Crippen LogP contribution in [-0.2, 0) is 9.53 Å². The number of amides is 1. The molecular formula is C12H22N2O2. The lowest BCUT2D eigenvalue weighted by Crippen LogP contribution is -2.42. The predicted molar refractivity (Wildman–Crippen MR) is 62.2 cm³/mol. The van der Waals surface area contributed by atoms with Crippen LogP contribution in [0, 0.1) is 5.92 Å². The van der Waals surface area contributed by atoms with Crippen molar-refractivity contribution in [2.45, 2.75) is 31.7 Å². The van der Waals surface area contributed by atoms with Gasteiger partial charge < -0.3 is 15.0 Å². The average molecular weight is 226 g/mol. The average Bonchev–Trinajstić information content (AvgIpc) is 2.95. The zero-order chi connectivity index (χ0) is 11.4. The van der Waals surface area contributed by atoms with Crippen molar-refractivity contribution in [3.05, 3.63) is 0 Å². The number of carbonyl (C=O) groups excluding carboxylic acids is 1. The highest BCUT2D eigenvalue weighted by atomic mass is 16.5. The third-order valence-corrected chi connectivity index (χ3v) is 3.36. The highest BCUT2D eigenvalue weighted by Gasteiger charge is 2.25. The van der Waals surface area contributed by atoms with Crippen LogP contribution in [0.4, 0.5) is 0 Å². The van der Waals surface area contributed by atoms with Crippen LogP contribution < -0.4 is 5.32 Å². The zero-order valence-electron chi connectivity index (χ0n) is 10.1. The maximum absolute atomic E-state index is 11.9. The third kappa shape index (κ3) is 3.46. The van der Waals surface area contributed by atoms with E-state index >= 15 is 0 Å². The Kier molecular flexibility index (Phi) is 4.18. The van der Waals surface area contributed by atoms with E-state index in [2.05, 4.69) is 5.32 Å². The summed E-state index contributed by atoms with van der Waals surface area (Å²) in [6.45, 7) is 3.24. The minimum atomic E-state index is 0.0495. The summed E-state index contributed by atoms with van der Waals surface area (Å²) in [5.41, 5.74) is 0. The van der Waals surface area contributed by atoms with Crippen molar-refractivity contribution in [1.29, 1.82) is 0 Å². The topological polar surface area (TPSA) is 41.6 Å². The summed E-state index contributed by atoms with van der Waals surface area (Å²) in [6.07, 6.45) is 4.73. The van der Waals surface area contributed by atoms with Crippen molar-refractivity contribution < 1.29 is 9.53 Å². The minimum absolute atomic E-state index is 0.0495. The number of ether oxygens (including phenoxy) is 1. The van der Waals surface area contributed by atoms with E-state index in [0.29, 0.717) is 13.2 Å². The molecule has 1 N–H and O–H groups in total. The fraction of sp³-hybridized carbons (Fsp3) is 0.917. The summed E-state index contributed by atoms with van der Waals surface area (Å²) in [5, 5.41) is 3.22. The minimum Gasteiger partial charge on any atom is -0.379 e. The summed E-state index contributed by atoms with van der Waals surface area (Å²) in [5.74, 6) is 1.02. The molecule has 2 rings (SSSR count). The second-order valence-electron chi connectivity index (χ2n) is 4.93. The van der Waals surface area contributed by atoms with Crippen LogP contribution in [0.3, 0.4) is 0 Å². The fourth-order valence-electron chi connectivity index (χ4n) is 2.01. The SMILES string of the molecule is CN(CCOCC1CC1)C(=O)C1CCCN1.